The van der Waals surface area contributed by atoms with Gasteiger partial charge in [-0.2, -0.15) is 0 Å². The van der Waals surface area contributed by atoms with E-state index < -0.39 is 0 Å². The van der Waals surface area contributed by atoms with Gasteiger partial charge in [-0.05, 0) is 17.7 Å². The highest BCUT2D eigenvalue weighted by Gasteiger charge is 2.22. The van der Waals surface area contributed by atoms with Crippen molar-refractivity contribution in [1.29, 1.82) is 0 Å². The fourth-order valence-corrected chi connectivity index (χ4v) is 3.57. The van der Waals surface area contributed by atoms with Crippen LogP contribution in [0.4, 0.5) is 0 Å². The molecule has 0 aliphatic carbocycles. The predicted molar refractivity (Wildman–Crippen MR) is 94.2 cm³/mol. The maximum atomic E-state index is 5.88. The summed E-state index contributed by atoms with van der Waals surface area (Å²) >= 11 is 1.52. The van der Waals surface area contributed by atoms with Crippen LogP contribution >= 0.6 is 11.8 Å². The van der Waals surface area contributed by atoms with E-state index in [1.807, 2.05) is 6.07 Å². The van der Waals surface area contributed by atoms with E-state index in [9.17, 15) is 0 Å². The number of hydrogen-bond donors (Lipinski definition) is 0. The molecule has 0 N–H and O–H groups in total. The molecule has 7 heteroatoms. The number of hydrogen-bond acceptors (Lipinski definition) is 7. The molecule has 25 heavy (non-hydrogen) atoms. The van der Waals surface area contributed by atoms with E-state index in [-0.39, 0.29) is 6.10 Å². The van der Waals surface area contributed by atoms with Gasteiger partial charge in [-0.3, -0.25) is 4.90 Å². The van der Waals surface area contributed by atoms with Crippen molar-refractivity contribution < 1.29 is 13.6 Å². The molecule has 0 radical (unpaired) electrons. The van der Waals surface area contributed by atoms with E-state index in [4.69, 9.17) is 13.6 Å². The number of furan rings is 1. The number of ether oxygens (including phenoxy) is 1. The Balaban J connectivity index is 1.29. The summed E-state index contributed by atoms with van der Waals surface area (Å²) in [6, 6.07) is 14.1. The van der Waals surface area contributed by atoms with Crippen LogP contribution in [0, 0.1) is 0 Å². The van der Waals surface area contributed by atoms with Crippen LogP contribution in [-0.4, -0.2) is 46.7 Å². The summed E-state index contributed by atoms with van der Waals surface area (Å²) in [6.45, 7) is 3.56. The SMILES string of the molecule is c1ccc(CN2CCOC(CSc3nnc(-c4ccco4)o3)C2)cc1. The first-order valence-electron chi connectivity index (χ1n) is 8.25. The van der Waals surface area contributed by atoms with Crippen LogP contribution in [0.5, 0.6) is 0 Å². The molecule has 3 aromatic rings. The number of nitrogens with zero attached hydrogens (tertiary/aromatic N) is 3. The standard InChI is InChI=1S/C18H19N3O3S/c1-2-5-14(6-3-1)11-21-8-10-22-15(12-21)13-25-18-20-19-17(24-18)16-7-4-9-23-16/h1-7,9,15H,8,10-13H2. The van der Waals surface area contributed by atoms with Crippen LogP contribution in [0.15, 0.2) is 62.8 Å². The van der Waals surface area contributed by atoms with Crippen molar-refractivity contribution >= 4 is 11.8 Å². The Hall–Kier alpha value is -2.09. The smallest absolute Gasteiger partial charge is 0.284 e. The molecular weight excluding hydrogens is 338 g/mol. The van der Waals surface area contributed by atoms with Gasteiger partial charge in [-0.1, -0.05) is 42.1 Å². The fourth-order valence-electron chi connectivity index (χ4n) is 2.80. The summed E-state index contributed by atoms with van der Waals surface area (Å²) in [5.41, 5.74) is 1.33. The maximum Gasteiger partial charge on any atom is 0.284 e. The first-order chi connectivity index (χ1) is 12.4. The lowest BCUT2D eigenvalue weighted by molar-refractivity contribution is -0.0187. The monoisotopic (exact) mass is 357 g/mol. The number of rotatable bonds is 6. The minimum absolute atomic E-state index is 0.154. The van der Waals surface area contributed by atoms with Crippen molar-refractivity contribution in [2.24, 2.45) is 0 Å². The Morgan fingerprint density at radius 1 is 1.12 bits per heavy atom. The molecule has 3 heterocycles. The van der Waals surface area contributed by atoms with Gasteiger partial charge in [0.25, 0.3) is 11.1 Å². The summed E-state index contributed by atoms with van der Waals surface area (Å²) in [5, 5.41) is 8.61. The first kappa shape index (κ1) is 16.4. The molecule has 1 aromatic carbocycles. The average Bonchev–Trinajstić information content (AvgIpc) is 3.33. The molecule has 130 valence electrons. The molecule has 4 rings (SSSR count). The summed E-state index contributed by atoms with van der Waals surface area (Å²) in [4.78, 5) is 2.42. The summed E-state index contributed by atoms with van der Waals surface area (Å²) in [5.74, 6) is 1.77. The Morgan fingerprint density at radius 3 is 2.88 bits per heavy atom. The molecule has 1 fully saturated rings. The van der Waals surface area contributed by atoms with Crippen LogP contribution in [0.25, 0.3) is 11.7 Å². The number of benzene rings is 1. The van der Waals surface area contributed by atoms with Gasteiger partial charge in [-0.25, -0.2) is 0 Å². The van der Waals surface area contributed by atoms with Gasteiger partial charge in [0.1, 0.15) is 0 Å². The zero-order chi connectivity index (χ0) is 16.9. The van der Waals surface area contributed by atoms with Gasteiger partial charge in [0.2, 0.25) is 0 Å². The molecule has 0 saturated carbocycles. The van der Waals surface area contributed by atoms with Gasteiger partial charge in [-0.15, -0.1) is 10.2 Å². The molecule has 1 unspecified atom stereocenters. The van der Waals surface area contributed by atoms with Crippen LogP contribution in [-0.2, 0) is 11.3 Å². The molecular formula is C18H19N3O3S. The van der Waals surface area contributed by atoms with Gasteiger partial charge in [0, 0.05) is 25.4 Å². The lowest BCUT2D eigenvalue weighted by atomic mass is 10.2. The summed E-state index contributed by atoms with van der Waals surface area (Å²) in [7, 11) is 0. The number of morpholine rings is 1. The molecule has 0 bridgehead atoms. The predicted octanol–water partition coefficient (Wildman–Crippen LogP) is 3.32. The minimum Gasteiger partial charge on any atom is -0.459 e. The van der Waals surface area contributed by atoms with E-state index in [1.165, 1.54) is 17.3 Å². The summed E-state index contributed by atoms with van der Waals surface area (Å²) < 4.78 is 16.8. The van der Waals surface area contributed by atoms with Crippen LogP contribution in [0.3, 0.4) is 0 Å². The highest BCUT2D eigenvalue weighted by molar-refractivity contribution is 7.99. The molecule has 6 nitrogen and oxygen atoms in total. The molecule has 1 saturated heterocycles. The zero-order valence-corrected chi connectivity index (χ0v) is 14.5. The fraction of sp³-hybridized carbons (Fsp3) is 0.333. The van der Waals surface area contributed by atoms with E-state index in [0.717, 1.165) is 32.0 Å². The van der Waals surface area contributed by atoms with E-state index in [1.54, 1.807) is 18.4 Å². The van der Waals surface area contributed by atoms with Gasteiger partial charge >= 0.3 is 0 Å². The molecule has 2 aromatic heterocycles. The average molecular weight is 357 g/mol. The Bertz CT molecular complexity index is 776. The topological polar surface area (TPSA) is 64.5 Å². The minimum atomic E-state index is 0.154. The van der Waals surface area contributed by atoms with Gasteiger partial charge < -0.3 is 13.6 Å². The first-order valence-corrected chi connectivity index (χ1v) is 9.23. The highest BCUT2D eigenvalue weighted by atomic mass is 32.2. The number of aromatic nitrogens is 2. The second-order valence-electron chi connectivity index (χ2n) is 5.87. The Labute approximate surface area is 150 Å². The molecule has 1 atom stereocenters. The van der Waals surface area contributed by atoms with Crippen molar-refractivity contribution in [2.45, 2.75) is 17.9 Å². The third-order valence-corrected chi connectivity index (χ3v) is 4.95. The molecule has 0 spiro atoms. The Morgan fingerprint density at radius 2 is 2.04 bits per heavy atom. The second-order valence-corrected chi connectivity index (χ2v) is 6.85. The van der Waals surface area contributed by atoms with E-state index in [0.29, 0.717) is 16.9 Å². The lowest BCUT2D eigenvalue weighted by Crippen LogP contribution is -2.43. The third-order valence-electron chi connectivity index (χ3n) is 4.00. The Kier molecular flexibility index (Phi) is 5.15. The normalized spacial score (nSPS) is 18.5. The molecule has 1 aliphatic rings. The van der Waals surface area contributed by atoms with E-state index >= 15 is 0 Å². The van der Waals surface area contributed by atoms with Crippen molar-refractivity contribution in [1.82, 2.24) is 15.1 Å². The molecule has 0 amide bonds. The quantitative estimate of drug-likeness (QED) is 0.627. The van der Waals surface area contributed by atoms with E-state index in [2.05, 4.69) is 39.4 Å². The van der Waals surface area contributed by atoms with Gasteiger partial charge in [0.15, 0.2) is 5.76 Å². The second kappa shape index (κ2) is 7.86. The van der Waals surface area contributed by atoms with Crippen molar-refractivity contribution in [3.63, 3.8) is 0 Å². The molecule has 1 aliphatic heterocycles. The lowest BCUT2D eigenvalue weighted by Gasteiger charge is -2.32. The third kappa shape index (κ3) is 4.31. The van der Waals surface area contributed by atoms with Gasteiger partial charge in [0.05, 0.1) is 19.0 Å². The maximum absolute atomic E-state index is 5.88. The zero-order valence-electron chi connectivity index (χ0n) is 13.7. The van der Waals surface area contributed by atoms with Crippen molar-refractivity contribution in [3.05, 3.63) is 54.3 Å². The van der Waals surface area contributed by atoms with Crippen LogP contribution in [0.2, 0.25) is 0 Å². The number of thioether (sulfide) groups is 1. The summed E-state index contributed by atoms with van der Waals surface area (Å²) in [6.07, 6.45) is 1.74. The van der Waals surface area contributed by atoms with Crippen molar-refractivity contribution in [2.75, 3.05) is 25.4 Å². The van der Waals surface area contributed by atoms with Crippen molar-refractivity contribution in [3.8, 4) is 11.7 Å². The van der Waals surface area contributed by atoms with Crippen LogP contribution < -0.4 is 0 Å². The largest absolute Gasteiger partial charge is 0.459 e. The highest BCUT2D eigenvalue weighted by Crippen LogP contribution is 2.25. The van der Waals surface area contributed by atoms with Crippen LogP contribution in [0.1, 0.15) is 5.56 Å².